The minimum absolute atomic E-state index is 0.352. The third-order valence-electron chi connectivity index (χ3n) is 4.79. The molecule has 2 aromatic rings. The molecule has 23 heavy (non-hydrogen) atoms. The van der Waals surface area contributed by atoms with Crippen molar-refractivity contribution >= 4 is 10.0 Å². The molecule has 1 aliphatic rings. The number of rotatable bonds is 3. The Morgan fingerprint density at radius 2 is 1.17 bits per heavy atom. The summed E-state index contributed by atoms with van der Waals surface area (Å²) in [5.41, 5.74) is 2.61. The fraction of sp³-hybridized carbons (Fsp3) is 0.368. The van der Waals surface area contributed by atoms with Crippen LogP contribution in [0.4, 0.5) is 0 Å². The number of hydrogen-bond donors (Lipinski definition) is 0. The van der Waals surface area contributed by atoms with Crippen LogP contribution in [0.15, 0.2) is 60.7 Å². The van der Waals surface area contributed by atoms with E-state index in [0.29, 0.717) is 24.9 Å². The molecule has 1 aliphatic heterocycles. The first kappa shape index (κ1) is 16.2. The van der Waals surface area contributed by atoms with E-state index in [4.69, 9.17) is 0 Å². The standard InChI is InChI=1S/C19H23NO2S/c1-23(21,22)20-14-12-18(16-8-4-2-5-9-16)19(13-15-20)17-10-6-3-7-11-17/h2-11,18-19H,12-15H2,1H3/t18-,19+. The second-order valence-electron chi connectivity index (χ2n) is 6.27. The van der Waals surface area contributed by atoms with Gasteiger partial charge < -0.3 is 0 Å². The minimum Gasteiger partial charge on any atom is -0.213 e. The lowest BCUT2D eigenvalue weighted by Crippen LogP contribution is -2.30. The Hall–Kier alpha value is -1.65. The van der Waals surface area contributed by atoms with E-state index in [9.17, 15) is 8.42 Å². The van der Waals surface area contributed by atoms with Crippen LogP contribution in [0.2, 0.25) is 0 Å². The van der Waals surface area contributed by atoms with Gasteiger partial charge in [-0.25, -0.2) is 12.7 Å². The van der Waals surface area contributed by atoms with E-state index in [1.165, 1.54) is 17.4 Å². The highest BCUT2D eigenvalue weighted by molar-refractivity contribution is 7.88. The van der Waals surface area contributed by atoms with Crippen LogP contribution in [-0.4, -0.2) is 32.1 Å². The molecule has 0 radical (unpaired) electrons. The van der Waals surface area contributed by atoms with Crippen molar-refractivity contribution < 1.29 is 8.42 Å². The van der Waals surface area contributed by atoms with E-state index in [2.05, 4.69) is 48.5 Å². The average molecular weight is 329 g/mol. The smallest absolute Gasteiger partial charge is 0.211 e. The van der Waals surface area contributed by atoms with Gasteiger partial charge in [-0.05, 0) is 35.8 Å². The molecule has 0 aromatic heterocycles. The lowest BCUT2D eigenvalue weighted by molar-refractivity contribution is 0.425. The van der Waals surface area contributed by atoms with Gasteiger partial charge in [-0.1, -0.05) is 60.7 Å². The van der Waals surface area contributed by atoms with Crippen molar-refractivity contribution in [3.8, 4) is 0 Å². The molecule has 0 amide bonds. The van der Waals surface area contributed by atoms with Crippen molar-refractivity contribution in [2.75, 3.05) is 19.3 Å². The quantitative estimate of drug-likeness (QED) is 0.862. The number of sulfonamides is 1. The summed E-state index contributed by atoms with van der Waals surface area (Å²) in [5, 5.41) is 0. The number of hydrogen-bond acceptors (Lipinski definition) is 2. The van der Waals surface area contributed by atoms with E-state index < -0.39 is 10.0 Å². The number of benzene rings is 2. The molecule has 0 unspecified atom stereocenters. The maximum atomic E-state index is 12.0. The largest absolute Gasteiger partial charge is 0.213 e. The van der Waals surface area contributed by atoms with E-state index >= 15 is 0 Å². The zero-order valence-corrected chi connectivity index (χ0v) is 14.2. The summed E-state index contributed by atoms with van der Waals surface area (Å²) >= 11 is 0. The Labute approximate surface area is 139 Å². The summed E-state index contributed by atoms with van der Waals surface area (Å²) in [7, 11) is -3.13. The van der Waals surface area contributed by atoms with Crippen molar-refractivity contribution in [3.63, 3.8) is 0 Å². The fourth-order valence-corrected chi connectivity index (χ4v) is 4.48. The normalized spacial score (nSPS) is 23.3. The Kier molecular flexibility index (Phi) is 4.83. The van der Waals surface area contributed by atoms with Gasteiger partial charge in [0.2, 0.25) is 10.0 Å². The summed E-state index contributed by atoms with van der Waals surface area (Å²) in [6, 6.07) is 21.0. The second kappa shape index (κ2) is 6.85. The van der Waals surface area contributed by atoms with E-state index in [-0.39, 0.29) is 0 Å². The van der Waals surface area contributed by atoms with Crippen LogP contribution in [0.5, 0.6) is 0 Å². The van der Waals surface area contributed by atoms with E-state index in [1.54, 1.807) is 4.31 Å². The molecule has 0 saturated carbocycles. The predicted molar refractivity (Wildman–Crippen MR) is 94.0 cm³/mol. The zero-order valence-electron chi connectivity index (χ0n) is 13.4. The Morgan fingerprint density at radius 1 is 0.783 bits per heavy atom. The molecule has 3 nitrogen and oxygen atoms in total. The molecule has 2 atom stereocenters. The summed E-state index contributed by atoms with van der Waals surface area (Å²) in [6.07, 6.45) is 3.03. The fourth-order valence-electron chi connectivity index (χ4n) is 3.61. The Bertz CT molecular complexity index is 679. The van der Waals surface area contributed by atoms with Crippen LogP contribution < -0.4 is 0 Å². The van der Waals surface area contributed by atoms with Gasteiger partial charge in [0, 0.05) is 13.1 Å². The van der Waals surface area contributed by atoms with Gasteiger partial charge in [-0.3, -0.25) is 0 Å². The van der Waals surface area contributed by atoms with Crippen LogP contribution in [0.3, 0.4) is 0 Å². The van der Waals surface area contributed by atoms with Gasteiger partial charge in [0.25, 0.3) is 0 Å². The van der Waals surface area contributed by atoms with Gasteiger partial charge in [-0.15, -0.1) is 0 Å². The van der Waals surface area contributed by atoms with Gasteiger partial charge in [0.05, 0.1) is 6.26 Å². The summed E-state index contributed by atoms with van der Waals surface area (Å²) in [5.74, 6) is 0.704. The van der Waals surface area contributed by atoms with Crippen LogP contribution in [-0.2, 0) is 10.0 Å². The van der Waals surface area contributed by atoms with Crippen molar-refractivity contribution in [1.82, 2.24) is 4.31 Å². The van der Waals surface area contributed by atoms with Crippen molar-refractivity contribution in [2.45, 2.75) is 24.7 Å². The molecule has 3 rings (SSSR count). The third-order valence-corrected chi connectivity index (χ3v) is 6.09. The van der Waals surface area contributed by atoms with Gasteiger partial charge in [0.1, 0.15) is 0 Å². The van der Waals surface area contributed by atoms with Gasteiger partial charge in [0.15, 0.2) is 0 Å². The first-order valence-electron chi connectivity index (χ1n) is 8.11. The molecular weight excluding hydrogens is 306 g/mol. The van der Waals surface area contributed by atoms with Crippen molar-refractivity contribution in [3.05, 3.63) is 71.8 Å². The lowest BCUT2D eigenvalue weighted by Gasteiger charge is -2.25. The monoisotopic (exact) mass is 329 g/mol. The highest BCUT2D eigenvalue weighted by atomic mass is 32.2. The molecule has 1 saturated heterocycles. The predicted octanol–water partition coefficient (Wildman–Crippen LogP) is 3.61. The van der Waals surface area contributed by atoms with Crippen molar-refractivity contribution in [1.29, 1.82) is 0 Å². The number of nitrogens with zero attached hydrogens (tertiary/aromatic N) is 1. The highest BCUT2D eigenvalue weighted by Gasteiger charge is 2.31. The molecule has 1 heterocycles. The molecule has 2 aromatic carbocycles. The van der Waals surface area contributed by atoms with Crippen LogP contribution in [0.25, 0.3) is 0 Å². The topological polar surface area (TPSA) is 37.4 Å². The Morgan fingerprint density at radius 3 is 1.52 bits per heavy atom. The average Bonchev–Trinajstić information content (AvgIpc) is 2.79. The molecular formula is C19H23NO2S. The summed E-state index contributed by atoms with van der Waals surface area (Å²) in [6.45, 7) is 1.20. The third kappa shape index (κ3) is 3.82. The zero-order chi connectivity index (χ0) is 16.3. The Balaban J connectivity index is 1.95. The van der Waals surface area contributed by atoms with Gasteiger partial charge >= 0.3 is 0 Å². The first-order valence-corrected chi connectivity index (χ1v) is 9.95. The highest BCUT2D eigenvalue weighted by Crippen LogP contribution is 2.40. The maximum absolute atomic E-state index is 12.0. The van der Waals surface area contributed by atoms with Crippen LogP contribution in [0, 0.1) is 0 Å². The molecule has 0 bridgehead atoms. The van der Waals surface area contributed by atoms with Crippen molar-refractivity contribution in [2.24, 2.45) is 0 Å². The second-order valence-corrected chi connectivity index (χ2v) is 8.26. The maximum Gasteiger partial charge on any atom is 0.211 e. The van der Waals surface area contributed by atoms with E-state index in [0.717, 1.165) is 12.8 Å². The molecule has 0 spiro atoms. The molecule has 0 N–H and O–H groups in total. The van der Waals surface area contributed by atoms with Crippen LogP contribution in [0.1, 0.15) is 35.8 Å². The molecule has 4 heteroatoms. The minimum atomic E-state index is -3.13. The first-order chi connectivity index (χ1) is 11.1. The molecule has 122 valence electrons. The lowest BCUT2D eigenvalue weighted by atomic mass is 9.78. The summed E-state index contributed by atoms with van der Waals surface area (Å²) in [4.78, 5) is 0. The molecule has 0 aliphatic carbocycles. The SMILES string of the molecule is CS(=O)(=O)N1CC[C@H](c2ccccc2)[C@H](c2ccccc2)CC1. The van der Waals surface area contributed by atoms with Gasteiger partial charge in [-0.2, -0.15) is 0 Å². The van der Waals surface area contributed by atoms with E-state index in [1.807, 2.05) is 12.1 Å². The summed E-state index contributed by atoms with van der Waals surface area (Å²) < 4.78 is 25.5. The van der Waals surface area contributed by atoms with Crippen LogP contribution >= 0.6 is 0 Å². The molecule has 1 fully saturated rings.